The van der Waals surface area contributed by atoms with E-state index in [4.69, 9.17) is 16.3 Å². The van der Waals surface area contributed by atoms with Gasteiger partial charge in [0.1, 0.15) is 5.75 Å². The number of rotatable bonds is 4. The maximum atomic E-state index is 11.9. The molecule has 0 aliphatic carbocycles. The highest BCUT2D eigenvalue weighted by Gasteiger charge is 2.13. The van der Waals surface area contributed by atoms with Crippen LogP contribution in [0.2, 0.25) is 5.02 Å². The van der Waals surface area contributed by atoms with Crippen molar-refractivity contribution >= 4 is 23.4 Å². The molecule has 0 fully saturated rings. The van der Waals surface area contributed by atoms with Gasteiger partial charge in [-0.15, -0.1) is 0 Å². The van der Waals surface area contributed by atoms with Crippen LogP contribution in [0.15, 0.2) is 18.2 Å². The van der Waals surface area contributed by atoms with E-state index >= 15 is 0 Å². The van der Waals surface area contributed by atoms with Crippen LogP contribution in [0.3, 0.4) is 0 Å². The number of Topliss-reactive ketones (excluding diaryl/α,β-unsaturated/α-hetero) is 1. The predicted molar refractivity (Wildman–Crippen MR) is 74.4 cm³/mol. The summed E-state index contributed by atoms with van der Waals surface area (Å²) in [6.45, 7) is 3.33. The molecule has 0 saturated carbocycles. The van der Waals surface area contributed by atoms with Crippen LogP contribution in [0.4, 0.5) is 0 Å². The van der Waals surface area contributed by atoms with Gasteiger partial charge in [0.05, 0.1) is 5.56 Å². The third kappa shape index (κ3) is 5.15. The van der Waals surface area contributed by atoms with Crippen molar-refractivity contribution in [2.24, 2.45) is 0 Å². The Morgan fingerprint density at radius 1 is 1.37 bits per heavy atom. The first kappa shape index (κ1) is 15.3. The fourth-order valence-corrected chi connectivity index (χ4v) is 1.57. The van der Waals surface area contributed by atoms with E-state index in [-0.39, 0.29) is 11.3 Å². The average Bonchev–Trinajstić information content (AvgIpc) is 2.36. The standard InChI is InChI=1S/C15H15ClO3/c1-3-4-5-6-7-14(18)13-10-12(16)8-9-15(13)19-11(2)17/h8-10H,3-5H2,1-2H3. The van der Waals surface area contributed by atoms with E-state index in [1.165, 1.54) is 19.1 Å². The van der Waals surface area contributed by atoms with Gasteiger partial charge in [-0.2, -0.15) is 0 Å². The van der Waals surface area contributed by atoms with Crippen LogP contribution in [0, 0.1) is 11.8 Å². The zero-order valence-electron chi connectivity index (χ0n) is 11.0. The lowest BCUT2D eigenvalue weighted by Crippen LogP contribution is -2.06. The molecule has 0 aromatic heterocycles. The average molecular weight is 279 g/mol. The monoisotopic (exact) mass is 278 g/mol. The van der Waals surface area contributed by atoms with Gasteiger partial charge in [0.25, 0.3) is 0 Å². The fourth-order valence-electron chi connectivity index (χ4n) is 1.40. The second-order valence-electron chi connectivity index (χ2n) is 3.97. The predicted octanol–water partition coefficient (Wildman–Crippen LogP) is 3.64. The third-order valence-corrected chi connectivity index (χ3v) is 2.53. The van der Waals surface area contributed by atoms with Gasteiger partial charge >= 0.3 is 5.97 Å². The van der Waals surface area contributed by atoms with Crippen LogP contribution in [0.5, 0.6) is 5.75 Å². The topological polar surface area (TPSA) is 43.4 Å². The van der Waals surface area contributed by atoms with Crippen LogP contribution in [0.25, 0.3) is 0 Å². The molecular formula is C15H15ClO3. The molecule has 0 bridgehead atoms. The number of benzene rings is 1. The summed E-state index contributed by atoms with van der Waals surface area (Å²) in [5.74, 6) is 4.64. The van der Waals surface area contributed by atoms with Crippen molar-refractivity contribution in [3.05, 3.63) is 28.8 Å². The van der Waals surface area contributed by atoms with Gasteiger partial charge in [-0.3, -0.25) is 9.59 Å². The molecule has 0 aliphatic rings. The van der Waals surface area contributed by atoms with E-state index in [1.54, 1.807) is 6.07 Å². The van der Waals surface area contributed by atoms with Crippen molar-refractivity contribution in [1.82, 2.24) is 0 Å². The minimum absolute atomic E-state index is 0.187. The van der Waals surface area contributed by atoms with Crippen molar-refractivity contribution in [2.45, 2.75) is 33.1 Å². The number of carbonyl (C=O) groups is 2. The zero-order chi connectivity index (χ0) is 14.3. The Bertz CT molecular complexity index is 538. The normalized spacial score (nSPS) is 9.42. The van der Waals surface area contributed by atoms with Crippen molar-refractivity contribution in [3.63, 3.8) is 0 Å². The van der Waals surface area contributed by atoms with Crippen LogP contribution in [0.1, 0.15) is 43.5 Å². The quantitative estimate of drug-likeness (QED) is 0.211. The van der Waals surface area contributed by atoms with Gasteiger partial charge < -0.3 is 4.74 Å². The Labute approximate surface area is 117 Å². The number of carbonyl (C=O) groups excluding carboxylic acids is 2. The van der Waals surface area contributed by atoms with E-state index < -0.39 is 11.8 Å². The van der Waals surface area contributed by atoms with E-state index in [2.05, 4.69) is 18.8 Å². The summed E-state index contributed by atoms with van der Waals surface area (Å²) in [4.78, 5) is 22.9. The molecule has 0 atom stereocenters. The number of ketones is 1. The first-order valence-electron chi connectivity index (χ1n) is 6.05. The lowest BCUT2D eigenvalue weighted by molar-refractivity contribution is -0.131. The number of esters is 1. The van der Waals surface area contributed by atoms with Crippen molar-refractivity contribution in [1.29, 1.82) is 0 Å². The molecule has 0 aliphatic heterocycles. The number of ether oxygens (including phenoxy) is 1. The van der Waals surface area contributed by atoms with E-state index in [9.17, 15) is 9.59 Å². The highest BCUT2D eigenvalue weighted by molar-refractivity contribution is 6.31. The van der Waals surface area contributed by atoms with Crippen LogP contribution < -0.4 is 4.74 Å². The maximum absolute atomic E-state index is 11.9. The molecule has 0 amide bonds. The molecule has 0 saturated heterocycles. The fraction of sp³-hybridized carbons (Fsp3) is 0.333. The molecule has 1 aromatic rings. The van der Waals surface area contributed by atoms with Gasteiger partial charge in [0.2, 0.25) is 5.78 Å². The van der Waals surface area contributed by atoms with E-state index in [0.717, 1.165) is 12.8 Å². The molecule has 100 valence electrons. The van der Waals surface area contributed by atoms with Crippen molar-refractivity contribution in [3.8, 4) is 17.6 Å². The lowest BCUT2D eigenvalue weighted by atomic mass is 10.1. The molecule has 0 unspecified atom stereocenters. The van der Waals surface area contributed by atoms with Gasteiger partial charge in [0.15, 0.2) is 0 Å². The lowest BCUT2D eigenvalue weighted by Gasteiger charge is -2.05. The number of hydrogen-bond acceptors (Lipinski definition) is 3. The summed E-state index contributed by atoms with van der Waals surface area (Å²) in [6, 6.07) is 4.50. The highest BCUT2D eigenvalue weighted by Crippen LogP contribution is 2.23. The van der Waals surface area contributed by atoms with E-state index in [1.807, 2.05) is 0 Å². The van der Waals surface area contributed by atoms with Crippen LogP contribution >= 0.6 is 11.6 Å². The van der Waals surface area contributed by atoms with Gasteiger partial charge in [-0.1, -0.05) is 30.9 Å². The molecule has 0 N–H and O–H groups in total. The Balaban J connectivity index is 2.95. The van der Waals surface area contributed by atoms with Crippen LogP contribution in [-0.4, -0.2) is 11.8 Å². The second kappa shape index (κ2) is 7.60. The molecule has 19 heavy (non-hydrogen) atoms. The maximum Gasteiger partial charge on any atom is 0.308 e. The molecule has 0 heterocycles. The molecule has 1 aromatic carbocycles. The number of halogens is 1. The summed E-state index contributed by atoms with van der Waals surface area (Å²) in [5, 5.41) is 0.398. The first-order valence-corrected chi connectivity index (χ1v) is 6.43. The van der Waals surface area contributed by atoms with Crippen LogP contribution in [-0.2, 0) is 4.79 Å². The Morgan fingerprint density at radius 2 is 2.11 bits per heavy atom. The van der Waals surface area contributed by atoms with Crippen molar-refractivity contribution in [2.75, 3.05) is 0 Å². The molecule has 0 spiro atoms. The van der Waals surface area contributed by atoms with Gasteiger partial charge in [-0.25, -0.2) is 0 Å². The van der Waals surface area contributed by atoms with Gasteiger partial charge in [-0.05, 0) is 30.5 Å². The molecule has 3 nitrogen and oxygen atoms in total. The Hall–Kier alpha value is -1.79. The van der Waals surface area contributed by atoms with Gasteiger partial charge in [0, 0.05) is 18.4 Å². The summed E-state index contributed by atoms with van der Waals surface area (Å²) in [6.07, 6.45) is 2.65. The molecule has 1 rings (SSSR count). The summed E-state index contributed by atoms with van der Waals surface area (Å²) < 4.78 is 4.96. The summed E-state index contributed by atoms with van der Waals surface area (Å²) >= 11 is 5.84. The molecule has 0 radical (unpaired) electrons. The number of hydrogen-bond donors (Lipinski definition) is 0. The number of unbranched alkanes of at least 4 members (excludes halogenated alkanes) is 2. The van der Waals surface area contributed by atoms with E-state index in [0.29, 0.717) is 11.4 Å². The second-order valence-corrected chi connectivity index (χ2v) is 4.41. The highest BCUT2D eigenvalue weighted by atomic mass is 35.5. The Kier molecular flexibility index (Phi) is 6.11. The molecule has 4 heteroatoms. The largest absolute Gasteiger partial charge is 0.426 e. The minimum atomic E-state index is -0.490. The third-order valence-electron chi connectivity index (χ3n) is 2.30. The Morgan fingerprint density at radius 3 is 2.74 bits per heavy atom. The van der Waals surface area contributed by atoms with Crippen molar-refractivity contribution < 1.29 is 14.3 Å². The minimum Gasteiger partial charge on any atom is -0.426 e. The smallest absolute Gasteiger partial charge is 0.308 e. The molecular weight excluding hydrogens is 264 g/mol. The SMILES string of the molecule is CCCCC#CC(=O)c1cc(Cl)ccc1OC(C)=O. The first-order chi connectivity index (χ1) is 9.04. The zero-order valence-corrected chi connectivity index (χ0v) is 11.7. The summed E-state index contributed by atoms with van der Waals surface area (Å²) in [7, 11) is 0. The summed E-state index contributed by atoms with van der Waals surface area (Å²) in [5.41, 5.74) is 0.215.